The topological polar surface area (TPSA) is 184 Å². The number of aliphatic hydroxyl groups excluding tert-OH is 2. The summed E-state index contributed by atoms with van der Waals surface area (Å²) in [7, 11) is 4.43. The van der Waals surface area contributed by atoms with E-state index in [1.807, 2.05) is 0 Å². The highest BCUT2D eigenvalue weighted by molar-refractivity contribution is 5.69. The third kappa shape index (κ3) is 4.67. The molecule has 31 heavy (non-hydrogen) atoms. The maximum atomic E-state index is 12.1. The molecule has 7 unspecified atom stereocenters. The number of rotatable bonds is 8. The fraction of sp³-hybridized carbons (Fsp3) is 0.667. The number of ether oxygens (including phenoxy) is 5. The molecule has 1 saturated heterocycles. The number of H-pyrrole nitrogens is 1. The van der Waals surface area contributed by atoms with Crippen molar-refractivity contribution in [2.75, 3.05) is 33.7 Å². The summed E-state index contributed by atoms with van der Waals surface area (Å²) < 4.78 is 28.1. The van der Waals surface area contributed by atoms with E-state index >= 15 is 0 Å². The Bertz CT molecular complexity index is 943. The molecule has 2 aromatic rings. The first-order chi connectivity index (χ1) is 14.8. The number of fused-ring (bicyclic) bond motifs is 1. The van der Waals surface area contributed by atoms with Crippen LogP contribution in [0.15, 0.2) is 11.0 Å². The number of anilines is 1. The van der Waals surface area contributed by atoms with Crippen LogP contribution in [-0.4, -0.2) is 94.9 Å². The Morgan fingerprint density at radius 3 is 2.48 bits per heavy atom. The Hall–Kier alpha value is -2.26. The molecule has 1 aliphatic rings. The minimum Gasteiger partial charge on any atom is -0.394 e. The zero-order valence-corrected chi connectivity index (χ0v) is 17.6. The Balaban J connectivity index is 1.81. The molecular weight excluding hydrogens is 414 g/mol. The summed E-state index contributed by atoms with van der Waals surface area (Å²) in [5.41, 5.74) is 5.01. The zero-order chi connectivity index (χ0) is 22.7. The van der Waals surface area contributed by atoms with E-state index < -0.39 is 48.5 Å². The average Bonchev–Trinajstić information content (AvgIpc) is 2.77. The minimum absolute atomic E-state index is 0.0557. The van der Waals surface area contributed by atoms with Crippen molar-refractivity contribution in [3.63, 3.8) is 0 Å². The van der Waals surface area contributed by atoms with Gasteiger partial charge in [-0.15, -0.1) is 0 Å². The molecule has 0 radical (unpaired) electrons. The van der Waals surface area contributed by atoms with Crippen molar-refractivity contribution in [1.82, 2.24) is 19.9 Å². The Morgan fingerprint density at radius 1 is 1.19 bits per heavy atom. The third-order valence-electron chi connectivity index (χ3n) is 5.14. The van der Waals surface area contributed by atoms with Crippen molar-refractivity contribution in [2.24, 2.45) is 0 Å². The Labute approximate surface area is 177 Å². The van der Waals surface area contributed by atoms with E-state index in [1.54, 1.807) is 6.92 Å². The highest BCUT2D eigenvalue weighted by Crippen LogP contribution is 2.30. The average molecular weight is 441 g/mol. The summed E-state index contributed by atoms with van der Waals surface area (Å²) in [6, 6.07) is 0. The molecule has 3 rings (SSSR count). The molecule has 0 bridgehead atoms. The van der Waals surface area contributed by atoms with Crippen LogP contribution in [0.4, 0.5) is 5.95 Å². The molecule has 0 spiro atoms. The highest BCUT2D eigenvalue weighted by atomic mass is 16.7. The van der Waals surface area contributed by atoms with Crippen molar-refractivity contribution in [3.05, 3.63) is 22.2 Å². The fourth-order valence-corrected chi connectivity index (χ4v) is 3.55. The van der Waals surface area contributed by atoms with Gasteiger partial charge in [0.2, 0.25) is 5.95 Å². The van der Waals surface area contributed by atoms with Crippen molar-refractivity contribution in [1.29, 1.82) is 0 Å². The van der Waals surface area contributed by atoms with Gasteiger partial charge in [0, 0.05) is 21.3 Å². The van der Waals surface area contributed by atoms with Gasteiger partial charge in [-0.3, -0.25) is 9.78 Å². The Morgan fingerprint density at radius 2 is 1.87 bits per heavy atom. The van der Waals surface area contributed by atoms with Crippen LogP contribution in [0.5, 0.6) is 0 Å². The van der Waals surface area contributed by atoms with Crippen molar-refractivity contribution in [3.8, 4) is 0 Å². The van der Waals surface area contributed by atoms with Gasteiger partial charge >= 0.3 is 0 Å². The Kier molecular flexibility index (Phi) is 7.48. The lowest BCUT2D eigenvalue weighted by Gasteiger charge is -2.45. The highest BCUT2D eigenvalue weighted by Gasteiger charge is 2.48. The number of aliphatic hydroxyl groups is 2. The van der Waals surface area contributed by atoms with Gasteiger partial charge in [-0.25, -0.2) is 9.97 Å². The lowest BCUT2D eigenvalue weighted by Crippen LogP contribution is -2.61. The van der Waals surface area contributed by atoms with E-state index in [9.17, 15) is 15.0 Å². The molecule has 13 heteroatoms. The van der Waals surface area contributed by atoms with E-state index in [-0.39, 0.29) is 29.4 Å². The van der Waals surface area contributed by atoms with Gasteiger partial charge < -0.3 is 39.6 Å². The van der Waals surface area contributed by atoms with E-state index in [2.05, 4.69) is 19.9 Å². The second-order valence-corrected chi connectivity index (χ2v) is 7.03. The summed E-state index contributed by atoms with van der Waals surface area (Å²) in [6.45, 7) is 1.26. The first-order valence-electron chi connectivity index (χ1n) is 9.55. The number of methoxy groups -OCH3 is 3. The molecule has 13 nitrogen and oxygen atoms in total. The maximum absolute atomic E-state index is 12.1. The van der Waals surface area contributed by atoms with Crippen LogP contribution in [0.25, 0.3) is 11.2 Å². The number of nitrogens with two attached hydrogens (primary N) is 1. The quantitative estimate of drug-likeness (QED) is 0.372. The SMILES string of the molecule is COC1C(CO)OC(OC(C)C(O)c2cnc3nc(N)[nH]c(=O)c3n2)C(OC)C1OC. The van der Waals surface area contributed by atoms with Gasteiger partial charge in [-0.2, -0.15) is 4.98 Å². The van der Waals surface area contributed by atoms with Gasteiger partial charge in [-0.05, 0) is 6.92 Å². The van der Waals surface area contributed by atoms with Gasteiger partial charge in [0.05, 0.1) is 24.6 Å². The number of nitrogens with one attached hydrogen (secondary N) is 1. The molecule has 3 heterocycles. The first-order valence-corrected chi connectivity index (χ1v) is 9.55. The predicted molar refractivity (Wildman–Crippen MR) is 106 cm³/mol. The minimum atomic E-state index is -1.26. The maximum Gasteiger partial charge on any atom is 0.280 e. The number of nitrogen functional groups attached to an aromatic ring is 1. The van der Waals surface area contributed by atoms with Gasteiger partial charge in [0.25, 0.3) is 5.56 Å². The number of aromatic nitrogens is 4. The van der Waals surface area contributed by atoms with Crippen LogP contribution >= 0.6 is 0 Å². The van der Waals surface area contributed by atoms with E-state index in [1.165, 1.54) is 27.5 Å². The molecule has 0 aliphatic carbocycles. The molecule has 0 aromatic carbocycles. The summed E-state index contributed by atoms with van der Waals surface area (Å²) in [5.74, 6) is -0.0858. The van der Waals surface area contributed by atoms with Gasteiger partial charge in [0.1, 0.15) is 30.5 Å². The molecule has 1 fully saturated rings. The van der Waals surface area contributed by atoms with Crippen LogP contribution in [-0.2, 0) is 23.7 Å². The molecule has 2 aromatic heterocycles. The number of hydrogen-bond acceptors (Lipinski definition) is 12. The zero-order valence-electron chi connectivity index (χ0n) is 17.6. The second-order valence-electron chi connectivity index (χ2n) is 7.03. The largest absolute Gasteiger partial charge is 0.394 e. The summed E-state index contributed by atoms with van der Waals surface area (Å²) in [5, 5.41) is 20.4. The molecule has 0 saturated carbocycles. The first kappa shape index (κ1) is 23.4. The predicted octanol–water partition coefficient (Wildman–Crippen LogP) is -1.50. The van der Waals surface area contributed by atoms with Crippen LogP contribution in [0.2, 0.25) is 0 Å². The number of aromatic amines is 1. The molecule has 0 amide bonds. The lowest BCUT2D eigenvalue weighted by atomic mass is 9.98. The smallest absolute Gasteiger partial charge is 0.280 e. The summed E-state index contributed by atoms with van der Waals surface area (Å²) in [4.78, 5) is 26.5. The molecular formula is C18H27N5O8. The second kappa shape index (κ2) is 9.91. The van der Waals surface area contributed by atoms with E-state index in [0.717, 1.165) is 0 Å². The van der Waals surface area contributed by atoms with Gasteiger partial charge in [0.15, 0.2) is 17.5 Å². The lowest BCUT2D eigenvalue weighted by molar-refractivity contribution is -0.325. The van der Waals surface area contributed by atoms with Crippen molar-refractivity contribution >= 4 is 17.1 Å². The molecule has 5 N–H and O–H groups in total. The molecule has 172 valence electrons. The molecule has 7 atom stereocenters. The van der Waals surface area contributed by atoms with E-state index in [4.69, 9.17) is 29.4 Å². The van der Waals surface area contributed by atoms with Crippen molar-refractivity contribution in [2.45, 2.75) is 49.8 Å². The van der Waals surface area contributed by atoms with Crippen molar-refractivity contribution < 1.29 is 33.9 Å². The monoisotopic (exact) mass is 441 g/mol. The standard InChI is InChI=1S/C18H27N5O8/c1-7(11(25)8-5-20-15-10(21-8)16(26)23-18(19)22-15)30-17-14(29-4)13(28-3)12(27-2)9(6-24)31-17/h5,7,9,11-14,17,24-25H,6H2,1-4H3,(H3,19,20,22,23,26). The fourth-order valence-electron chi connectivity index (χ4n) is 3.55. The van der Waals surface area contributed by atoms with Crippen LogP contribution in [0.3, 0.4) is 0 Å². The van der Waals surface area contributed by atoms with Gasteiger partial charge in [-0.1, -0.05) is 0 Å². The van der Waals surface area contributed by atoms with E-state index in [0.29, 0.717) is 0 Å². The molecule has 1 aliphatic heterocycles. The number of hydrogen-bond donors (Lipinski definition) is 4. The van der Waals surface area contributed by atoms with Crippen LogP contribution in [0, 0.1) is 0 Å². The third-order valence-corrected chi connectivity index (χ3v) is 5.14. The summed E-state index contributed by atoms with van der Waals surface area (Å²) in [6.07, 6.45) is -4.43. The van der Waals surface area contributed by atoms with Crippen LogP contribution < -0.4 is 11.3 Å². The number of nitrogens with zero attached hydrogens (tertiary/aromatic N) is 3. The van der Waals surface area contributed by atoms with Crippen LogP contribution in [0.1, 0.15) is 18.7 Å². The summed E-state index contributed by atoms with van der Waals surface area (Å²) >= 11 is 0. The normalized spacial score (nSPS) is 28.5.